The van der Waals surface area contributed by atoms with Crippen molar-refractivity contribution in [3.8, 4) is 0 Å². The molecular weight excluding hydrogens is 420 g/mol. The number of likely N-dealkylation sites (tertiary alicyclic amines) is 1. The van der Waals surface area contributed by atoms with Crippen LogP contribution in [0.5, 0.6) is 0 Å². The first-order valence-corrected chi connectivity index (χ1v) is 12.6. The number of anilines is 1. The first kappa shape index (κ1) is 24.3. The summed E-state index contributed by atoms with van der Waals surface area (Å²) in [6.07, 6.45) is 2.13. The SMILES string of the molecule is CCN(CC)CCN(Cc1cccs1)C(=O)Nc1ccc(C(=O)N2CCC(C)CC2)cc1. The minimum atomic E-state index is -0.116. The second kappa shape index (κ2) is 12.0. The Hall–Kier alpha value is -2.38. The highest BCUT2D eigenvalue weighted by Gasteiger charge is 2.21. The average molecular weight is 457 g/mol. The summed E-state index contributed by atoms with van der Waals surface area (Å²) in [4.78, 5) is 33.1. The van der Waals surface area contributed by atoms with Crippen molar-refractivity contribution in [1.82, 2.24) is 14.7 Å². The number of rotatable bonds is 9. The second-order valence-corrected chi connectivity index (χ2v) is 9.54. The highest BCUT2D eigenvalue weighted by atomic mass is 32.1. The van der Waals surface area contributed by atoms with Crippen LogP contribution >= 0.6 is 11.3 Å². The number of hydrogen-bond acceptors (Lipinski definition) is 4. The number of likely N-dealkylation sites (N-methyl/N-ethyl adjacent to an activating group) is 1. The molecule has 0 bridgehead atoms. The number of thiophene rings is 1. The van der Waals surface area contributed by atoms with Crippen LogP contribution < -0.4 is 5.32 Å². The fourth-order valence-electron chi connectivity index (χ4n) is 3.94. The van der Waals surface area contributed by atoms with Crippen molar-refractivity contribution in [1.29, 1.82) is 0 Å². The molecule has 3 amide bonds. The number of amides is 3. The van der Waals surface area contributed by atoms with Gasteiger partial charge in [-0.2, -0.15) is 0 Å². The molecule has 1 saturated heterocycles. The Kier molecular flexibility index (Phi) is 9.11. The lowest BCUT2D eigenvalue weighted by Gasteiger charge is -2.30. The zero-order valence-corrected chi connectivity index (χ0v) is 20.4. The van der Waals surface area contributed by atoms with E-state index in [9.17, 15) is 9.59 Å². The van der Waals surface area contributed by atoms with Crippen molar-refractivity contribution >= 4 is 29.0 Å². The van der Waals surface area contributed by atoms with Crippen LogP contribution in [0.25, 0.3) is 0 Å². The first-order valence-electron chi connectivity index (χ1n) is 11.7. The molecule has 0 saturated carbocycles. The molecule has 1 aromatic carbocycles. The maximum atomic E-state index is 13.1. The van der Waals surface area contributed by atoms with E-state index in [1.54, 1.807) is 11.3 Å². The van der Waals surface area contributed by atoms with Crippen LogP contribution in [0.3, 0.4) is 0 Å². The van der Waals surface area contributed by atoms with Gasteiger partial charge in [0.2, 0.25) is 0 Å². The predicted octanol–water partition coefficient (Wildman–Crippen LogP) is 5.00. The Bertz CT molecular complexity index is 841. The van der Waals surface area contributed by atoms with Gasteiger partial charge in [-0.05, 0) is 67.6 Å². The predicted molar refractivity (Wildman–Crippen MR) is 132 cm³/mol. The van der Waals surface area contributed by atoms with Crippen LogP contribution in [0.4, 0.5) is 10.5 Å². The summed E-state index contributed by atoms with van der Waals surface area (Å²) in [6, 6.07) is 11.2. The number of hydrogen-bond donors (Lipinski definition) is 1. The Labute approximate surface area is 196 Å². The summed E-state index contributed by atoms with van der Waals surface area (Å²) >= 11 is 1.66. The van der Waals surface area contributed by atoms with Gasteiger partial charge >= 0.3 is 6.03 Å². The highest BCUT2D eigenvalue weighted by molar-refractivity contribution is 7.09. The number of benzene rings is 1. The topological polar surface area (TPSA) is 55.9 Å². The quantitative estimate of drug-likeness (QED) is 0.578. The number of carbonyl (C=O) groups excluding carboxylic acids is 2. The van der Waals surface area contributed by atoms with E-state index in [4.69, 9.17) is 0 Å². The van der Waals surface area contributed by atoms with E-state index in [2.05, 4.69) is 37.1 Å². The Morgan fingerprint density at radius 3 is 2.34 bits per heavy atom. The van der Waals surface area contributed by atoms with Gasteiger partial charge in [0.1, 0.15) is 0 Å². The smallest absolute Gasteiger partial charge is 0.322 e. The van der Waals surface area contributed by atoms with Crippen molar-refractivity contribution in [3.63, 3.8) is 0 Å². The lowest BCUT2D eigenvalue weighted by atomic mass is 9.98. The lowest BCUT2D eigenvalue weighted by molar-refractivity contribution is 0.0697. The number of urea groups is 1. The van der Waals surface area contributed by atoms with Gasteiger partial charge in [0, 0.05) is 42.3 Å². The first-order chi connectivity index (χ1) is 15.5. The minimum Gasteiger partial charge on any atom is -0.339 e. The number of carbonyl (C=O) groups is 2. The number of nitrogens with zero attached hydrogens (tertiary/aromatic N) is 3. The van der Waals surface area contributed by atoms with Crippen molar-refractivity contribution in [2.75, 3.05) is 44.6 Å². The summed E-state index contributed by atoms with van der Waals surface area (Å²) in [5, 5.41) is 5.05. The van der Waals surface area contributed by atoms with Crippen molar-refractivity contribution in [3.05, 3.63) is 52.2 Å². The third kappa shape index (κ3) is 6.81. The molecule has 7 heteroatoms. The third-order valence-corrected chi connectivity index (χ3v) is 7.11. The van der Waals surface area contributed by atoms with Crippen LogP contribution in [-0.2, 0) is 6.54 Å². The summed E-state index contributed by atoms with van der Waals surface area (Å²) in [5.41, 5.74) is 1.38. The van der Waals surface area contributed by atoms with Gasteiger partial charge in [0.05, 0.1) is 6.54 Å². The van der Waals surface area contributed by atoms with Crippen LogP contribution in [0.2, 0.25) is 0 Å². The molecule has 1 N–H and O–H groups in total. The molecule has 2 heterocycles. The molecule has 1 aliphatic rings. The molecule has 6 nitrogen and oxygen atoms in total. The maximum Gasteiger partial charge on any atom is 0.322 e. The molecule has 1 fully saturated rings. The van der Waals surface area contributed by atoms with Crippen molar-refractivity contribution in [2.24, 2.45) is 5.92 Å². The molecule has 174 valence electrons. The molecule has 0 spiro atoms. The molecular formula is C25H36N4O2S. The zero-order valence-electron chi connectivity index (χ0n) is 19.5. The molecule has 1 aromatic heterocycles. The van der Waals surface area contributed by atoms with E-state index in [1.165, 1.54) is 0 Å². The van der Waals surface area contributed by atoms with Crippen LogP contribution in [-0.4, -0.2) is 65.9 Å². The fourth-order valence-corrected chi connectivity index (χ4v) is 4.66. The molecule has 2 aromatic rings. The number of piperidine rings is 1. The average Bonchev–Trinajstić information content (AvgIpc) is 3.32. The van der Waals surface area contributed by atoms with Crippen molar-refractivity contribution in [2.45, 2.75) is 40.2 Å². The van der Waals surface area contributed by atoms with Gasteiger partial charge in [0.25, 0.3) is 5.91 Å². The fraction of sp³-hybridized carbons (Fsp3) is 0.520. The lowest BCUT2D eigenvalue weighted by Crippen LogP contribution is -2.40. The van der Waals surface area contributed by atoms with E-state index in [1.807, 2.05) is 45.5 Å². The van der Waals surface area contributed by atoms with Crippen LogP contribution in [0.15, 0.2) is 41.8 Å². The maximum absolute atomic E-state index is 13.1. The molecule has 0 radical (unpaired) electrons. The molecule has 3 rings (SSSR count). The third-order valence-electron chi connectivity index (χ3n) is 6.25. The van der Waals surface area contributed by atoms with E-state index in [-0.39, 0.29) is 11.9 Å². The zero-order chi connectivity index (χ0) is 22.9. The molecule has 0 atom stereocenters. The van der Waals surface area contributed by atoms with Crippen molar-refractivity contribution < 1.29 is 9.59 Å². The monoisotopic (exact) mass is 456 g/mol. The molecule has 1 aliphatic heterocycles. The van der Waals surface area contributed by atoms with Gasteiger partial charge in [-0.25, -0.2) is 4.79 Å². The normalized spacial score (nSPS) is 14.6. The van der Waals surface area contributed by atoms with Gasteiger partial charge < -0.3 is 20.0 Å². The Morgan fingerprint density at radius 1 is 1.06 bits per heavy atom. The largest absolute Gasteiger partial charge is 0.339 e. The Morgan fingerprint density at radius 2 is 1.75 bits per heavy atom. The molecule has 0 aliphatic carbocycles. The molecule has 0 unspecified atom stereocenters. The van der Waals surface area contributed by atoms with Gasteiger partial charge in [-0.1, -0.05) is 26.8 Å². The summed E-state index contributed by atoms with van der Waals surface area (Å²) in [7, 11) is 0. The summed E-state index contributed by atoms with van der Waals surface area (Å²) in [6.45, 7) is 12.2. The molecule has 32 heavy (non-hydrogen) atoms. The van der Waals surface area contributed by atoms with E-state index >= 15 is 0 Å². The van der Waals surface area contributed by atoms with Gasteiger partial charge in [-0.15, -0.1) is 11.3 Å². The standard InChI is InChI=1S/C25H36N4O2S/c1-4-27(5-2)16-17-29(19-23-7-6-18-32-23)25(31)26-22-10-8-21(9-11-22)24(30)28-14-12-20(3)13-15-28/h6-11,18,20H,4-5,12-17,19H2,1-3H3,(H,26,31). The van der Waals surface area contributed by atoms with Gasteiger partial charge in [0.15, 0.2) is 0 Å². The minimum absolute atomic E-state index is 0.0771. The van der Waals surface area contributed by atoms with Crippen LogP contribution in [0.1, 0.15) is 48.8 Å². The van der Waals surface area contributed by atoms with E-state index in [0.29, 0.717) is 30.3 Å². The van der Waals surface area contributed by atoms with Gasteiger partial charge in [-0.3, -0.25) is 4.79 Å². The van der Waals surface area contributed by atoms with E-state index in [0.717, 1.165) is 50.4 Å². The second-order valence-electron chi connectivity index (χ2n) is 8.51. The summed E-state index contributed by atoms with van der Waals surface area (Å²) < 4.78 is 0. The number of nitrogens with one attached hydrogen (secondary N) is 1. The van der Waals surface area contributed by atoms with Crippen LogP contribution in [0, 0.1) is 5.92 Å². The van der Waals surface area contributed by atoms with E-state index < -0.39 is 0 Å². The Balaban J connectivity index is 1.61. The summed E-state index contributed by atoms with van der Waals surface area (Å²) in [5.74, 6) is 0.767. The highest BCUT2D eigenvalue weighted by Crippen LogP contribution is 2.20.